The van der Waals surface area contributed by atoms with E-state index in [9.17, 15) is 9.59 Å². The Bertz CT molecular complexity index is 256. The van der Waals surface area contributed by atoms with Gasteiger partial charge in [-0.15, -0.1) is 0 Å². The van der Waals surface area contributed by atoms with Crippen molar-refractivity contribution in [1.82, 2.24) is 5.32 Å². The predicted molar refractivity (Wildman–Crippen MR) is 65.0 cm³/mol. The van der Waals surface area contributed by atoms with Crippen molar-refractivity contribution in [1.29, 1.82) is 0 Å². The van der Waals surface area contributed by atoms with E-state index in [1.165, 1.54) is 0 Å². The van der Waals surface area contributed by atoms with Crippen molar-refractivity contribution >= 4 is 11.8 Å². The van der Waals surface area contributed by atoms with Gasteiger partial charge in [-0.25, -0.2) is 0 Å². The molecule has 2 amide bonds. The highest BCUT2D eigenvalue weighted by atomic mass is 16.5. The van der Waals surface area contributed by atoms with Crippen molar-refractivity contribution in [2.45, 2.75) is 38.8 Å². The van der Waals surface area contributed by atoms with Crippen LogP contribution in [-0.4, -0.2) is 37.6 Å². The normalized spacial score (nSPS) is 14.4. The molecule has 100 valence electrons. The number of methoxy groups -OCH3 is 1. The quantitative estimate of drug-likeness (QED) is 0.495. The average Bonchev–Trinajstić information content (AvgIpc) is 2.24. The van der Waals surface area contributed by atoms with Crippen molar-refractivity contribution in [2.24, 2.45) is 17.4 Å². The summed E-state index contributed by atoms with van der Waals surface area (Å²) in [4.78, 5) is 22.8. The maximum atomic E-state index is 11.7. The SMILES string of the molecule is COCCCC(N)C(=O)NC(C(N)=O)C(C)C. The molecule has 0 rings (SSSR count). The molecular weight excluding hydrogens is 222 g/mol. The van der Waals surface area contributed by atoms with Crippen LogP contribution in [0.15, 0.2) is 0 Å². The summed E-state index contributed by atoms with van der Waals surface area (Å²) in [5.74, 6) is -0.946. The molecule has 2 unspecified atom stereocenters. The number of nitrogens with one attached hydrogen (secondary N) is 1. The molecule has 0 aromatic heterocycles. The van der Waals surface area contributed by atoms with E-state index < -0.39 is 18.0 Å². The summed E-state index contributed by atoms with van der Waals surface area (Å²) in [7, 11) is 1.59. The second-order valence-electron chi connectivity index (χ2n) is 4.37. The molecule has 0 bridgehead atoms. The highest BCUT2D eigenvalue weighted by Gasteiger charge is 2.24. The largest absolute Gasteiger partial charge is 0.385 e. The van der Waals surface area contributed by atoms with Crippen LogP contribution in [0.1, 0.15) is 26.7 Å². The molecule has 0 fully saturated rings. The highest BCUT2D eigenvalue weighted by molar-refractivity contribution is 5.89. The maximum absolute atomic E-state index is 11.7. The zero-order valence-electron chi connectivity index (χ0n) is 10.7. The Labute approximate surface area is 102 Å². The second kappa shape index (κ2) is 8.03. The van der Waals surface area contributed by atoms with Crippen LogP contribution in [0.4, 0.5) is 0 Å². The molecule has 2 atom stereocenters. The fourth-order valence-electron chi connectivity index (χ4n) is 1.41. The standard InChI is InChI=1S/C11H23N3O3/c1-7(2)9(10(13)15)14-11(16)8(12)5-4-6-17-3/h7-9H,4-6,12H2,1-3H3,(H2,13,15)(H,14,16). The van der Waals surface area contributed by atoms with E-state index in [4.69, 9.17) is 16.2 Å². The molecule has 0 aliphatic rings. The Morgan fingerprint density at radius 3 is 2.35 bits per heavy atom. The van der Waals surface area contributed by atoms with Crippen LogP contribution >= 0.6 is 0 Å². The highest BCUT2D eigenvalue weighted by Crippen LogP contribution is 2.02. The molecule has 0 heterocycles. The Balaban J connectivity index is 4.16. The van der Waals surface area contributed by atoms with Gasteiger partial charge in [-0.2, -0.15) is 0 Å². The molecule has 0 saturated carbocycles. The molecule has 17 heavy (non-hydrogen) atoms. The molecule has 0 spiro atoms. The number of hydrogen-bond donors (Lipinski definition) is 3. The second-order valence-corrected chi connectivity index (χ2v) is 4.37. The zero-order valence-corrected chi connectivity index (χ0v) is 10.7. The molecule has 0 aromatic carbocycles. The number of nitrogens with two attached hydrogens (primary N) is 2. The van der Waals surface area contributed by atoms with Gasteiger partial charge in [0.2, 0.25) is 11.8 Å². The number of carbonyl (C=O) groups is 2. The van der Waals surface area contributed by atoms with Crippen molar-refractivity contribution < 1.29 is 14.3 Å². The van der Waals surface area contributed by atoms with E-state index in [1.807, 2.05) is 13.8 Å². The van der Waals surface area contributed by atoms with Crippen LogP contribution in [0.25, 0.3) is 0 Å². The minimum absolute atomic E-state index is 0.0531. The summed E-state index contributed by atoms with van der Waals surface area (Å²) < 4.78 is 4.87. The van der Waals surface area contributed by atoms with Gasteiger partial charge < -0.3 is 21.5 Å². The summed E-state index contributed by atoms with van der Waals surface area (Å²) in [6.45, 7) is 4.18. The van der Waals surface area contributed by atoms with Gasteiger partial charge >= 0.3 is 0 Å². The number of rotatable bonds is 8. The monoisotopic (exact) mass is 245 g/mol. The molecule has 0 aliphatic heterocycles. The molecule has 0 aliphatic carbocycles. The van der Waals surface area contributed by atoms with Crippen LogP contribution < -0.4 is 16.8 Å². The van der Waals surface area contributed by atoms with Crippen LogP contribution in [-0.2, 0) is 14.3 Å². The lowest BCUT2D eigenvalue weighted by Gasteiger charge is -2.21. The number of amides is 2. The van der Waals surface area contributed by atoms with Crippen molar-refractivity contribution in [3.63, 3.8) is 0 Å². The first kappa shape index (κ1) is 15.9. The van der Waals surface area contributed by atoms with Crippen LogP contribution in [0, 0.1) is 5.92 Å². The van der Waals surface area contributed by atoms with Gasteiger partial charge in [0.15, 0.2) is 0 Å². The maximum Gasteiger partial charge on any atom is 0.240 e. The number of primary amides is 1. The van der Waals surface area contributed by atoms with Crippen molar-refractivity contribution in [3.05, 3.63) is 0 Å². The summed E-state index contributed by atoms with van der Waals surface area (Å²) in [6.07, 6.45) is 1.22. The van der Waals surface area contributed by atoms with Crippen molar-refractivity contribution in [2.75, 3.05) is 13.7 Å². The Hall–Kier alpha value is -1.14. The van der Waals surface area contributed by atoms with Crippen LogP contribution in [0.2, 0.25) is 0 Å². The van der Waals surface area contributed by atoms with Gasteiger partial charge in [-0.05, 0) is 18.8 Å². The number of hydrogen-bond acceptors (Lipinski definition) is 4. The fraction of sp³-hybridized carbons (Fsp3) is 0.818. The first-order valence-electron chi connectivity index (χ1n) is 5.74. The van der Waals surface area contributed by atoms with E-state index in [0.717, 1.165) is 0 Å². The van der Waals surface area contributed by atoms with E-state index >= 15 is 0 Å². The van der Waals surface area contributed by atoms with Crippen molar-refractivity contribution in [3.8, 4) is 0 Å². The third-order valence-electron chi connectivity index (χ3n) is 2.47. The van der Waals surface area contributed by atoms with Gasteiger partial charge in [0.25, 0.3) is 0 Å². The van der Waals surface area contributed by atoms with Crippen LogP contribution in [0.5, 0.6) is 0 Å². The molecule has 0 aromatic rings. The molecule has 0 saturated heterocycles. The number of ether oxygens (including phenoxy) is 1. The predicted octanol–water partition coefficient (Wildman–Crippen LogP) is -0.634. The lowest BCUT2D eigenvalue weighted by atomic mass is 10.0. The Morgan fingerprint density at radius 1 is 1.35 bits per heavy atom. The summed E-state index contributed by atoms with van der Waals surface area (Å²) in [5, 5.41) is 2.56. The van der Waals surface area contributed by atoms with E-state index in [1.54, 1.807) is 7.11 Å². The Morgan fingerprint density at radius 2 is 1.94 bits per heavy atom. The van der Waals surface area contributed by atoms with Gasteiger partial charge in [0, 0.05) is 13.7 Å². The first-order chi connectivity index (χ1) is 7.90. The minimum atomic E-state index is -0.670. The fourth-order valence-corrected chi connectivity index (χ4v) is 1.41. The van der Waals surface area contributed by atoms with Gasteiger partial charge in [0.1, 0.15) is 6.04 Å². The molecular formula is C11H23N3O3. The first-order valence-corrected chi connectivity index (χ1v) is 5.74. The van der Waals surface area contributed by atoms with Crippen LogP contribution in [0.3, 0.4) is 0 Å². The molecule has 0 radical (unpaired) electrons. The zero-order chi connectivity index (χ0) is 13.4. The summed E-state index contributed by atoms with van der Waals surface area (Å²) in [6, 6.07) is -1.30. The Kier molecular flexibility index (Phi) is 7.49. The average molecular weight is 245 g/mol. The van der Waals surface area contributed by atoms with E-state index in [-0.39, 0.29) is 11.8 Å². The number of carbonyl (C=O) groups excluding carboxylic acids is 2. The van der Waals surface area contributed by atoms with Gasteiger partial charge in [-0.1, -0.05) is 13.8 Å². The smallest absolute Gasteiger partial charge is 0.240 e. The molecule has 6 heteroatoms. The minimum Gasteiger partial charge on any atom is -0.385 e. The van der Waals surface area contributed by atoms with E-state index in [0.29, 0.717) is 19.4 Å². The lowest BCUT2D eigenvalue weighted by molar-refractivity contribution is -0.129. The molecule has 6 nitrogen and oxygen atoms in total. The van der Waals surface area contributed by atoms with Gasteiger partial charge in [0.05, 0.1) is 6.04 Å². The van der Waals surface area contributed by atoms with Gasteiger partial charge in [-0.3, -0.25) is 9.59 Å². The summed E-state index contributed by atoms with van der Waals surface area (Å²) >= 11 is 0. The topological polar surface area (TPSA) is 107 Å². The van der Waals surface area contributed by atoms with E-state index in [2.05, 4.69) is 5.32 Å². The third kappa shape index (κ3) is 6.23. The summed E-state index contributed by atoms with van der Waals surface area (Å²) in [5.41, 5.74) is 10.9. The third-order valence-corrected chi connectivity index (χ3v) is 2.47. The molecule has 5 N–H and O–H groups in total. The lowest BCUT2D eigenvalue weighted by Crippen LogP contribution is -2.52.